The first kappa shape index (κ1) is 14.9. The van der Waals surface area contributed by atoms with Crippen molar-refractivity contribution in [2.45, 2.75) is 20.5 Å². The van der Waals surface area contributed by atoms with E-state index in [1.807, 2.05) is 0 Å². The second kappa shape index (κ2) is 6.31. The van der Waals surface area contributed by atoms with Gasteiger partial charge in [-0.15, -0.1) is 0 Å². The fourth-order valence-electron chi connectivity index (χ4n) is 2.07. The van der Waals surface area contributed by atoms with Crippen LogP contribution in [0, 0.1) is 19.3 Å². The van der Waals surface area contributed by atoms with Crippen molar-refractivity contribution in [2.24, 2.45) is 5.73 Å². The SMILES string of the molecule is COc1cc(C(=N)N)ccc1OCc1cc(C)ccc1C. The van der Waals surface area contributed by atoms with Crippen LogP contribution in [0.2, 0.25) is 0 Å². The lowest BCUT2D eigenvalue weighted by Crippen LogP contribution is -2.11. The molecule has 0 unspecified atom stereocenters. The van der Waals surface area contributed by atoms with Gasteiger partial charge in [-0.25, -0.2) is 0 Å². The van der Waals surface area contributed by atoms with Crippen LogP contribution in [0.3, 0.4) is 0 Å². The largest absolute Gasteiger partial charge is 0.493 e. The van der Waals surface area contributed by atoms with E-state index in [0.29, 0.717) is 23.7 Å². The van der Waals surface area contributed by atoms with Crippen molar-refractivity contribution >= 4 is 5.84 Å². The first-order chi connectivity index (χ1) is 10.0. The van der Waals surface area contributed by atoms with Gasteiger partial charge in [0.05, 0.1) is 7.11 Å². The number of rotatable bonds is 5. The zero-order chi connectivity index (χ0) is 15.4. The highest BCUT2D eigenvalue weighted by molar-refractivity contribution is 5.95. The van der Waals surface area contributed by atoms with E-state index in [9.17, 15) is 0 Å². The number of amidine groups is 1. The number of benzene rings is 2. The summed E-state index contributed by atoms with van der Waals surface area (Å²) in [4.78, 5) is 0. The van der Waals surface area contributed by atoms with Crippen LogP contribution in [0.25, 0.3) is 0 Å². The topological polar surface area (TPSA) is 68.3 Å². The normalized spacial score (nSPS) is 10.2. The minimum Gasteiger partial charge on any atom is -0.493 e. The summed E-state index contributed by atoms with van der Waals surface area (Å²) in [5, 5.41) is 7.45. The Balaban J connectivity index is 2.19. The molecule has 0 bridgehead atoms. The molecule has 0 aliphatic rings. The maximum absolute atomic E-state index is 7.45. The molecule has 0 heterocycles. The molecule has 0 radical (unpaired) electrons. The van der Waals surface area contributed by atoms with Gasteiger partial charge in [-0.1, -0.05) is 23.8 Å². The summed E-state index contributed by atoms with van der Waals surface area (Å²) in [6, 6.07) is 11.5. The molecule has 0 amide bonds. The van der Waals surface area contributed by atoms with E-state index in [0.717, 1.165) is 5.56 Å². The molecule has 0 atom stereocenters. The number of hydrogen-bond donors (Lipinski definition) is 2. The smallest absolute Gasteiger partial charge is 0.161 e. The number of hydrogen-bond acceptors (Lipinski definition) is 3. The lowest BCUT2D eigenvalue weighted by atomic mass is 10.1. The fourth-order valence-corrected chi connectivity index (χ4v) is 2.07. The fraction of sp³-hybridized carbons (Fsp3) is 0.235. The molecule has 2 aromatic carbocycles. The van der Waals surface area contributed by atoms with Gasteiger partial charge < -0.3 is 15.2 Å². The molecule has 0 aromatic heterocycles. The summed E-state index contributed by atoms with van der Waals surface area (Å²) < 4.78 is 11.1. The van der Waals surface area contributed by atoms with Crippen molar-refractivity contribution in [3.63, 3.8) is 0 Å². The molecule has 2 rings (SSSR count). The van der Waals surface area contributed by atoms with Crippen molar-refractivity contribution in [3.8, 4) is 11.5 Å². The van der Waals surface area contributed by atoms with Crippen LogP contribution < -0.4 is 15.2 Å². The van der Waals surface area contributed by atoms with Crippen LogP contribution in [0.5, 0.6) is 11.5 Å². The Hall–Kier alpha value is -2.49. The zero-order valence-electron chi connectivity index (χ0n) is 12.6. The second-order valence-corrected chi connectivity index (χ2v) is 5.00. The maximum Gasteiger partial charge on any atom is 0.161 e. The predicted molar refractivity (Wildman–Crippen MR) is 84.3 cm³/mol. The quantitative estimate of drug-likeness (QED) is 0.654. The summed E-state index contributed by atoms with van der Waals surface area (Å²) >= 11 is 0. The van der Waals surface area contributed by atoms with E-state index >= 15 is 0 Å². The Morgan fingerprint density at radius 3 is 2.52 bits per heavy atom. The molecular formula is C17H20N2O2. The van der Waals surface area contributed by atoms with E-state index in [4.69, 9.17) is 20.6 Å². The summed E-state index contributed by atoms with van der Waals surface area (Å²) in [6.07, 6.45) is 0. The van der Waals surface area contributed by atoms with E-state index in [-0.39, 0.29) is 5.84 Å². The van der Waals surface area contributed by atoms with E-state index in [1.54, 1.807) is 25.3 Å². The van der Waals surface area contributed by atoms with Gasteiger partial charge >= 0.3 is 0 Å². The third-order valence-electron chi connectivity index (χ3n) is 3.36. The van der Waals surface area contributed by atoms with Gasteiger partial charge in [0.2, 0.25) is 0 Å². The Morgan fingerprint density at radius 2 is 1.86 bits per heavy atom. The van der Waals surface area contributed by atoms with Crippen molar-refractivity contribution in [1.29, 1.82) is 5.41 Å². The third-order valence-corrected chi connectivity index (χ3v) is 3.36. The monoisotopic (exact) mass is 284 g/mol. The molecular weight excluding hydrogens is 264 g/mol. The average molecular weight is 284 g/mol. The molecule has 21 heavy (non-hydrogen) atoms. The van der Waals surface area contributed by atoms with Crippen molar-refractivity contribution < 1.29 is 9.47 Å². The molecule has 0 saturated carbocycles. The van der Waals surface area contributed by atoms with E-state index < -0.39 is 0 Å². The molecule has 0 saturated heterocycles. The maximum atomic E-state index is 7.45. The van der Waals surface area contributed by atoms with Gasteiger partial charge in [0.15, 0.2) is 11.5 Å². The van der Waals surface area contributed by atoms with Crippen LogP contribution in [-0.2, 0) is 6.61 Å². The minimum absolute atomic E-state index is 0.00868. The molecule has 3 N–H and O–H groups in total. The summed E-state index contributed by atoms with van der Waals surface area (Å²) in [6.45, 7) is 4.60. The van der Waals surface area contributed by atoms with Gasteiger partial charge in [0.1, 0.15) is 12.4 Å². The van der Waals surface area contributed by atoms with Crippen molar-refractivity contribution in [3.05, 3.63) is 58.7 Å². The Morgan fingerprint density at radius 1 is 1.10 bits per heavy atom. The van der Waals surface area contributed by atoms with E-state index in [1.165, 1.54) is 11.1 Å². The van der Waals surface area contributed by atoms with Crippen molar-refractivity contribution in [2.75, 3.05) is 7.11 Å². The molecule has 4 nitrogen and oxygen atoms in total. The van der Waals surface area contributed by atoms with Gasteiger partial charge in [-0.3, -0.25) is 5.41 Å². The third kappa shape index (κ3) is 3.54. The summed E-state index contributed by atoms with van der Waals surface area (Å²) in [5.41, 5.74) is 9.64. The molecule has 0 aliphatic carbocycles. The number of nitrogens with one attached hydrogen (secondary N) is 1. The van der Waals surface area contributed by atoms with Gasteiger partial charge in [0, 0.05) is 5.56 Å². The number of methoxy groups -OCH3 is 1. The van der Waals surface area contributed by atoms with Crippen LogP contribution in [0.15, 0.2) is 36.4 Å². The van der Waals surface area contributed by atoms with Crippen LogP contribution in [0.1, 0.15) is 22.3 Å². The predicted octanol–water partition coefficient (Wildman–Crippen LogP) is 3.18. The molecule has 4 heteroatoms. The number of aryl methyl sites for hydroxylation is 2. The Kier molecular flexibility index (Phi) is 4.48. The minimum atomic E-state index is 0.00868. The molecule has 2 aromatic rings. The zero-order valence-corrected chi connectivity index (χ0v) is 12.6. The lowest BCUT2D eigenvalue weighted by Gasteiger charge is -2.13. The Bertz CT molecular complexity index is 666. The second-order valence-electron chi connectivity index (χ2n) is 5.00. The molecule has 0 fully saturated rings. The first-order valence-electron chi connectivity index (χ1n) is 6.72. The summed E-state index contributed by atoms with van der Waals surface area (Å²) in [7, 11) is 1.57. The molecule has 0 spiro atoms. The van der Waals surface area contributed by atoms with Crippen LogP contribution in [0.4, 0.5) is 0 Å². The van der Waals surface area contributed by atoms with Gasteiger partial charge in [0.25, 0.3) is 0 Å². The van der Waals surface area contributed by atoms with Crippen LogP contribution in [-0.4, -0.2) is 12.9 Å². The van der Waals surface area contributed by atoms with Gasteiger partial charge in [-0.2, -0.15) is 0 Å². The lowest BCUT2D eigenvalue weighted by molar-refractivity contribution is 0.284. The Labute approximate surface area is 125 Å². The van der Waals surface area contributed by atoms with Crippen molar-refractivity contribution in [1.82, 2.24) is 0 Å². The number of nitrogen functional groups attached to an aromatic ring is 1. The summed E-state index contributed by atoms with van der Waals surface area (Å²) in [5.74, 6) is 1.23. The first-order valence-corrected chi connectivity index (χ1v) is 6.72. The number of ether oxygens (including phenoxy) is 2. The number of nitrogens with two attached hydrogens (primary N) is 1. The molecule has 0 aliphatic heterocycles. The van der Waals surface area contributed by atoms with E-state index in [2.05, 4.69) is 32.0 Å². The highest BCUT2D eigenvalue weighted by Gasteiger charge is 2.08. The standard InChI is InChI=1S/C17H20N2O2/c1-11-4-5-12(2)14(8-11)10-21-15-7-6-13(17(18)19)9-16(15)20-3/h4-9H,10H2,1-3H3,(H3,18,19). The average Bonchev–Trinajstić information content (AvgIpc) is 2.47. The van der Waals surface area contributed by atoms with Crippen LogP contribution >= 0.6 is 0 Å². The van der Waals surface area contributed by atoms with Gasteiger partial charge in [-0.05, 0) is 43.2 Å². The highest BCUT2D eigenvalue weighted by atomic mass is 16.5. The molecule has 110 valence electrons. The highest BCUT2D eigenvalue weighted by Crippen LogP contribution is 2.29.